The molecule has 1 amide bonds. The van der Waals surface area contributed by atoms with E-state index >= 15 is 0 Å². The number of amides is 1. The molecule has 6 nitrogen and oxygen atoms in total. The van der Waals surface area contributed by atoms with Crippen LogP contribution in [0.3, 0.4) is 0 Å². The second-order valence-corrected chi connectivity index (χ2v) is 5.60. The zero-order valence-electron chi connectivity index (χ0n) is 11.7. The standard InChI is InChI=1S/C14H18N4O2/c1-14(2,3)11-8-12(15)18(17-11)10-6-4-5-9(7-10)16-13(19)20/h4-8,16H,15H2,1-3H3,(H,19,20). The Bertz CT molecular complexity index is 641. The highest BCUT2D eigenvalue weighted by atomic mass is 16.4. The molecule has 0 saturated carbocycles. The molecule has 0 spiro atoms. The van der Waals surface area contributed by atoms with E-state index in [9.17, 15) is 4.79 Å². The number of nitrogen functional groups attached to an aromatic ring is 1. The molecule has 1 heterocycles. The van der Waals surface area contributed by atoms with Gasteiger partial charge in [-0.2, -0.15) is 5.10 Å². The van der Waals surface area contributed by atoms with Crippen molar-refractivity contribution in [1.82, 2.24) is 9.78 Å². The Hall–Kier alpha value is -2.50. The number of hydrogen-bond donors (Lipinski definition) is 3. The number of rotatable bonds is 2. The van der Waals surface area contributed by atoms with E-state index in [1.807, 2.05) is 12.1 Å². The topological polar surface area (TPSA) is 93.2 Å². The lowest BCUT2D eigenvalue weighted by atomic mass is 9.92. The van der Waals surface area contributed by atoms with Crippen LogP contribution in [0.1, 0.15) is 26.5 Å². The molecule has 0 aliphatic rings. The zero-order chi connectivity index (χ0) is 14.9. The molecule has 1 aromatic carbocycles. The number of nitrogens with zero attached hydrogens (tertiary/aromatic N) is 2. The van der Waals surface area contributed by atoms with Gasteiger partial charge in [-0.3, -0.25) is 5.32 Å². The third-order valence-electron chi connectivity index (χ3n) is 2.85. The minimum Gasteiger partial charge on any atom is -0.465 e. The highest BCUT2D eigenvalue weighted by molar-refractivity contribution is 5.83. The van der Waals surface area contributed by atoms with E-state index in [2.05, 4.69) is 31.2 Å². The predicted octanol–water partition coefficient (Wildman–Crippen LogP) is 2.84. The largest absolute Gasteiger partial charge is 0.465 e. The monoisotopic (exact) mass is 274 g/mol. The van der Waals surface area contributed by atoms with Gasteiger partial charge in [0, 0.05) is 17.2 Å². The van der Waals surface area contributed by atoms with Crippen LogP contribution in [0, 0.1) is 0 Å². The molecule has 2 rings (SSSR count). The van der Waals surface area contributed by atoms with Gasteiger partial charge in [-0.1, -0.05) is 26.8 Å². The second kappa shape index (κ2) is 4.88. The average Bonchev–Trinajstić information content (AvgIpc) is 2.70. The lowest BCUT2D eigenvalue weighted by Crippen LogP contribution is -2.13. The SMILES string of the molecule is CC(C)(C)c1cc(N)n(-c2cccc(NC(=O)O)c2)n1. The van der Waals surface area contributed by atoms with Gasteiger partial charge in [0.15, 0.2) is 0 Å². The maximum atomic E-state index is 10.7. The fraction of sp³-hybridized carbons (Fsp3) is 0.286. The van der Waals surface area contributed by atoms with Crippen LogP contribution in [-0.2, 0) is 5.41 Å². The molecular weight excluding hydrogens is 256 g/mol. The Morgan fingerprint density at radius 1 is 1.35 bits per heavy atom. The fourth-order valence-corrected chi connectivity index (χ4v) is 1.81. The third kappa shape index (κ3) is 2.90. The summed E-state index contributed by atoms with van der Waals surface area (Å²) < 4.78 is 1.60. The van der Waals surface area contributed by atoms with Crippen LogP contribution < -0.4 is 11.1 Å². The minimum atomic E-state index is -1.11. The van der Waals surface area contributed by atoms with E-state index in [0.717, 1.165) is 5.69 Å². The van der Waals surface area contributed by atoms with E-state index in [1.165, 1.54) is 0 Å². The highest BCUT2D eigenvalue weighted by Crippen LogP contribution is 2.25. The summed E-state index contributed by atoms with van der Waals surface area (Å²) in [6.45, 7) is 6.17. The molecule has 2 aromatic rings. The number of nitrogens with one attached hydrogen (secondary N) is 1. The number of carbonyl (C=O) groups is 1. The van der Waals surface area contributed by atoms with Gasteiger partial charge >= 0.3 is 6.09 Å². The Morgan fingerprint density at radius 2 is 2.05 bits per heavy atom. The highest BCUT2D eigenvalue weighted by Gasteiger charge is 2.19. The fourth-order valence-electron chi connectivity index (χ4n) is 1.81. The van der Waals surface area contributed by atoms with Crippen LogP contribution in [0.4, 0.5) is 16.3 Å². The van der Waals surface area contributed by atoms with Crippen molar-refractivity contribution in [3.05, 3.63) is 36.0 Å². The molecule has 0 aliphatic heterocycles. The second-order valence-electron chi connectivity index (χ2n) is 5.60. The Balaban J connectivity index is 2.41. The number of aromatic nitrogens is 2. The third-order valence-corrected chi connectivity index (χ3v) is 2.85. The van der Waals surface area contributed by atoms with Gasteiger partial charge in [0.05, 0.1) is 11.4 Å². The molecule has 4 N–H and O–H groups in total. The van der Waals surface area contributed by atoms with E-state index in [0.29, 0.717) is 17.2 Å². The van der Waals surface area contributed by atoms with Gasteiger partial charge in [0.2, 0.25) is 0 Å². The van der Waals surface area contributed by atoms with Crippen LogP contribution in [-0.4, -0.2) is 21.0 Å². The van der Waals surface area contributed by atoms with E-state index in [-0.39, 0.29) is 5.41 Å². The van der Waals surface area contributed by atoms with E-state index in [4.69, 9.17) is 10.8 Å². The maximum Gasteiger partial charge on any atom is 0.409 e. The van der Waals surface area contributed by atoms with Gasteiger partial charge in [0.1, 0.15) is 5.82 Å². The summed E-state index contributed by atoms with van der Waals surface area (Å²) in [7, 11) is 0. The lowest BCUT2D eigenvalue weighted by Gasteiger charge is -2.14. The summed E-state index contributed by atoms with van der Waals surface area (Å²) >= 11 is 0. The van der Waals surface area contributed by atoms with Crippen molar-refractivity contribution in [1.29, 1.82) is 0 Å². The molecule has 0 radical (unpaired) electrons. The van der Waals surface area contributed by atoms with Crippen LogP contribution in [0.15, 0.2) is 30.3 Å². The predicted molar refractivity (Wildman–Crippen MR) is 78.3 cm³/mol. The first-order valence-corrected chi connectivity index (χ1v) is 6.24. The molecule has 0 aliphatic carbocycles. The van der Waals surface area contributed by atoms with Crippen LogP contribution in [0.5, 0.6) is 0 Å². The molecule has 6 heteroatoms. The summed E-state index contributed by atoms with van der Waals surface area (Å²) in [5, 5.41) is 15.5. The normalized spacial score (nSPS) is 11.3. The first-order valence-electron chi connectivity index (χ1n) is 6.24. The van der Waals surface area contributed by atoms with E-state index < -0.39 is 6.09 Å². The molecule has 0 saturated heterocycles. The van der Waals surface area contributed by atoms with Gasteiger partial charge < -0.3 is 10.8 Å². The summed E-state index contributed by atoms with van der Waals surface area (Å²) in [6, 6.07) is 8.75. The minimum absolute atomic E-state index is 0.101. The Morgan fingerprint density at radius 3 is 2.60 bits per heavy atom. The first-order chi connectivity index (χ1) is 9.27. The van der Waals surface area contributed by atoms with Gasteiger partial charge in [-0.15, -0.1) is 0 Å². The van der Waals surface area contributed by atoms with Gasteiger partial charge in [-0.25, -0.2) is 9.48 Å². The quantitative estimate of drug-likeness (QED) is 0.785. The number of hydrogen-bond acceptors (Lipinski definition) is 3. The van der Waals surface area contributed by atoms with Crippen molar-refractivity contribution >= 4 is 17.6 Å². The van der Waals surface area contributed by atoms with Crippen molar-refractivity contribution in [2.75, 3.05) is 11.1 Å². The molecule has 0 bridgehead atoms. The van der Waals surface area contributed by atoms with Gasteiger partial charge in [0.25, 0.3) is 0 Å². The summed E-state index contributed by atoms with van der Waals surface area (Å²) in [5.41, 5.74) is 7.95. The van der Waals surface area contributed by atoms with Crippen molar-refractivity contribution < 1.29 is 9.90 Å². The molecule has 0 atom stereocenters. The van der Waals surface area contributed by atoms with Gasteiger partial charge in [-0.05, 0) is 18.2 Å². The van der Waals surface area contributed by atoms with Crippen LogP contribution >= 0.6 is 0 Å². The summed E-state index contributed by atoms with van der Waals surface area (Å²) in [4.78, 5) is 10.7. The maximum absolute atomic E-state index is 10.7. The Labute approximate surface area is 117 Å². The number of nitrogens with two attached hydrogens (primary N) is 1. The number of carboxylic acid groups (broad SMARTS) is 1. The number of benzene rings is 1. The average molecular weight is 274 g/mol. The van der Waals surface area contributed by atoms with Crippen LogP contribution in [0.25, 0.3) is 5.69 Å². The molecule has 106 valence electrons. The lowest BCUT2D eigenvalue weighted by molar-refractivity contribution is 0.210. The molecule has 0 unspecified atom stereocenters. The van der Waals surface area contributed by atoms with E-state index in [1.54, 1.807) is 22.9 Å². The number of anilines is 2. The molecular formula is C14H18N4O2. The van der Waals surface area contributed by atoms with Crippen molar-refractivity contribution in [3.8, 4) is 5.69 Å². The molecule has 1 aromatic heterocycles. The van der Waals surface area contributed by atoms with Crippen molar-refractivity contribution in [3.63, 3.8) is 0 Å². The van der Waals surface area contributed by atoms with Crippen molar-refractivity contribution in [2.45, 2.75) is 26.2 Å². The molecule has 0 fully saturated rings. The van der Waals surface area contributed by atoms with Crippen molar-refractivity contribution in [2.24, 2.45) is 0 Å². The first kappa shape index (κ1) is 13.9. The Kier molecular flexibility index (Phi) is 3.40. The molecule has 20 heavy (non-hydrogen) atoms. The smallest absolute Gasteiger partial charge is 0.409 e. The van der Waals surface area contributed by atoms with Crippen LogP contribution in [0.2, 0.25) is 0 Å². The summed E-state index contributed by atoms with van der Waals surface area (Å²) in [6.07, 6.45) is -1.11. The summed E-state index contributed by atoms with van der Waals surface area (Å²) in [5.74, 6) is 0.516. The zero-order valence-corrected chi connectivity index (χ0v) is 11.7.